The monoisotopic (exact) mass is 297 g/mol. The molecule has 8 heteroatoms. The predicted octanol–water partition coefficient (Wildman–Crippen LogP) is 3.72. The maximum Gasteiger partial charge on any atom is 0.454 e. The smallest absolute Gasteiger partial charge is 0.284 e. The zero-order valence-electron chi connectivity index (χ0n) is 10.0. The van der Waals surface area contributed by atoms with Gasteiger partial charge in [0.25, 0.3) is 5.78 Å². The topological polar surface area (TPSA) is 30.0 Å². The minimum atomic E-state index is -5.36. The van der Waals surface area contributed by atoms with Gasteiger partial charge >= 0.3 is 12.4 Å². The molecule has 1 heterocycles. The maximum atomic E-state index is 12.8. The first-order valence-electron chi connectivity index (χ1n) is 5.82. The third kappa shape index (κ3) is 2.78. The molecule has 0 spiro atoms. The van der Waals surface area contributed by atoms with Crippen LogP contribution in [0, 0.1) is 0 Å². The van der Waals surface area contributed by atoms with Gasteiger partial charge in [-0.25, -0.2) is 4.98 Å². The number of fused-ring (bicyclic) bond motifs is 1. The van der Waals surface area contributed by atoms with Crippen molar-refractivity contribution in [2.75, 3.05) is 0 Å². The normalized spacial score (nSPS) is 15.9. The van der Waals surface area contributed by atoms with Gasteiger partial charge in [-0.3, -0.25) is 4.79 Å². The van der Waals surface area contributed by atoms with Crippen LogP contribution in [0.25, 0.3) is 0 Å². The summed E-state index contributed by atoms with van der Waals surface area (Å²) in [4.78, 5) is 14.4. The Bertz CT molecular complexity index is 546. The number of Topliss-reactive ketones (excluding diaryl/α,β-unsaturated/α-hetero) is 1. The van der Waals surface area contributed by atoms with Gasteiger partial charge in [0.05, 0.1) is 5.56 Å². The van der Waals surface area contributed by atoms with Crippen LogP contribution in [0.5, 0.6) is 0 Å². The lowest BCUT2D eigenvalue weighted by Crippen LogP contribution is -2.28. The van der Waals surface area contributed by atoms with E-state index in [0.717, 1.165) is 0 Å². The summed E-state index contributed by atoms with van der Waals surface area (Å²) < 4.78 is 75.5. The van der Waals surface area contributed by atoms with Crippen LogP contribution in [0.1, 0.15) is 40.2 Å². The van der Waals surface area contributed by atoms with Crippen LogP contribution in [0.3, 0.4) is 0 Å². The van der Waals surface area contributed by atoms with Crippen LogP contribution < -0.4 is 0 Å². The molecule has 0 saturated heterocycles. The van der Waals surface area contributed by atoms with Gasteiger partial charge in [-0.1, -0.05) is 0 Å². The number of carbonyl (C=O) groups is 1. The third-order valence-corrected chi connectivity index (χ3v) is 3.07. The molecule has 1 aromatic rings. The summed E-state index contributed by atoms with van der Waals surface area (Å²) in [5.74, 6) is -2.51. The third-order valence-electron chi connectivity index (χ3n) is 3.07. The van der Waals surface area contributed by atoms with E-state index in [1.807, 2.05) is 0 Å². The summed E-state index contributed by atoms with van der Waals surface area (Å²) in [5, 5.41) is 0. The van der Waals surface area contributed by atoms with Crippen molar-refractivity contribution in [3.8, 4) is 0 Å². The second-order valence-corrected chi connectivity index (χ2v) is 4.52. The summed E-state index contributed by atoms with van der Waals surface area (Å²) in [5.41, 5.74) is -2.75. The van der Waals surface area contributed by atoms with Crippen LogP contribution in [0.15, 0.2) is 6.07 Å². The number of halogens is 6. The summed E-state index contributed by atoms with van der Waals surface area (Å²) in [7, 11) is 0. The van der Waals surface area contributed by atoms with Crippen molar-refractivity contribution in [2.24, 2.45) is 0 Å². The second kappa shape index (κ2) is 4.75. The SMILES string of the molecule is O=C(c1cc2c(nc1C(F)(F)F)CCCC2)C(F)(F)F. The van der Waals surface area contributed by atoms with Gasteiger partial charge in [0, 0.05) is 5.69 Å². The molecule has 0 radical (unpaired) electrons. The Morgan fingerprint density at radius 2 is 1.65 bits per heavy atom. The van der Waals surface area contributed by atoms with Gasteiger partial charge in [0.2, 0.25) is 0 Å². The molecule has 0 saturated carbocycles. The van der Waals surface area contributed by atoms with Gasteiger partial charge < -0.3 is 0 Å². The van der Waals surface area contributed by atoms with Crippen molar-refractivity contribution < 1.29 is 31.1 Å². The molecule has 0 bridgehead atoms. The van der Waals surface area contributed by atoms with E-state index in [1.165, 1.54) is 0 Å². The van der Waals surface area contributed by atoms with E-state index >= 15 is 0 Å². The van der Waals surface area contributed by atoms with Crippen molar-refractivity contribution in [3.05, 3.63) is 28.6 Å². The summed E-state index contributed by atoms with van der Waals surface area (Å²) in [6.45, 7) is 0. The highest BCUT2D eigenvalue weighted by Crippen LogP contribution is 2.35. The predicted molar refractivity (Wildman–Crippen MR) is 56.3 cm³/mol. The number of pyridine rings is 1. The van der Waals surface area contributed by atoms with Crippen molar-refractivity contribution in [3.63, 3.8) is 0 Å². The maximum absolute atomic E-state index is 12.8. The summed E-state index contributed by atoms with van der Waals surface area (Å²) in [6, 6.07) is 0.695. The number of hydrogen-bond donors (Lipinski definition) is 0. The summed E-state index contributed by atoms with van der Waals surface area (Å²) >= 11 is 0. The second-order valence-electron chi connectivity index (χ2n) is 4.52. The minimum Gasteiger partial charge on any atom is -0.284 e. The number of alkyl halides is 6. The molecule has 0 fully saturated rings. The zero-order chi connectivity index (χ0) is 15.1. The number of aromatic nitrogens is 1. The van der Waals surface area contributed by atoms with Crippen molar-refractivity contribution in [1.82, 2.24) is 4.98 Å². The molecule has 0 N–H and O–H groups in total. The Morgan fingerprint density at radius 3 is 2.20 bits per heavy atom. The van der Waals surface area contributed by atoms with Crippen molar-refractivity contribution in [2.45, 2.75) is 38.0 Å². The van der Waals surface area contributed by atoms with Crippen LogP contribution in [-0.2, 0) is 19.0 Å². The summed E-state index contributed by atoms with van der Waals surface area (Å²) in [6.07, 6.45) is -8.56. The molecule has 20 heavy (non-hydrogen) atoms. The lowest BCUT2D eigenvalue weighted by Gasteiger charge is -2.19. The number of rotatable bonds is 1. The van der Waals surface area contributed by atoms with Crippen LogP contribution in [0.4, 0.5) is 26.3 Å². The molecule has 1 aromatic heterocycles. The Balaban J connectivity index is 2.62. The Labute approximate surface area is 109 Å². The van der Waals surface area contributed by atoms with Gasteiger partial charge in [-0.05, 0) is 37.3 Å². The van der Waals surface area contributed by atoms with Gasteiger partial charge in [0.15, 0.2) is 5.69 Å². The molecule has 0 aliphatic heterocycles. The Kier molecular flexibility index (Phi) is 3.51. The average Bonchev–Trinajstić information content (AvgIpc) is 2.34. The number of hydrogen-bond acceptors (Lipinski definition) is 2. The van der Waals surface area contributed by atoms with Gasteiger partial charge in [0.1, 0.15) is 0 Å². The first-order valence-corrected chi connectivity index (χ1v) is 5.82. The van der Waals surface area contributed by atoms with Gasteiger partial charge in [-0.15, -0.1) is 0 Å². The number of ketones is 1. The molecular formula is C12H9F6NO. The van der Waals surface area contributed by atoms with Crippen LogP contribution in [-0.4, -0.2) is 16.9 Å². The van der Waals surface area contributed by atoms with Crippen molar-refractivity contribution >= 4 is 5.78 Å². The lowest BCUT2D eigenvalue weighted by atomic mass is 9.93. The fraction of sp³-hybridized carbons (Fsp3) is 0.500. The Morgan fingerprint density at radius 1 is 1.05 bits per heavy atom. The molecule has 2 nitrogen and oxygen atoms in total. The van der Waals surface area contributed by atoms with E-state index in [4.69, 9.17) is 0 Å². The highest BCUT2D eigenvalue weighted by atomic mass is 19.4. The molecule has 0 aromatic carbocycles. The molecule has 2 rings (SSSR count). The fourth-order valence-corrected chi connectivity index (χ4v) is 2.18. The Hall–Kier alpha value is -1.60. The highest BCUT2D eigenvalue weighted by molar-refractivity contribution is 6.01. The molecule has 1 aliphatic rings. The van der Waals surface area contributed by atoms with Crippen LogP contribution in [0.2, 0.25) is 0 Å². The van der Waals surface area contributed by atoms with E-state index in [9.17, 15) is 31.1 Å². The molecule has 110 valence electrons. The average molecular weight is 297 g/mol. The van der Waals surface area contributed by atoms with E-state index in [-0.39, 0.29) is 17.7 Å². The van der Waals surface area contributed by atoms with E-state index < -0.39 is 29.4 Å². The van der Waals surface area contributed by atoms with E-state index in [0.29, 0.717) is 25.3 Å². The zero-order valence-corrected chi connectivity index (χ0v) is 10.0. The first kappa shape index (κ1) is 14.8. The number of aryl methyl sites for hydroxylation is 2. The molecule has 0 unspecified atom stereocenters. The van der Waals surface area contributed by atoms with Crippen LogP contribution >= 0.6 is 0 Å². The minimum absolute atomic E-state index is 0.127. The molecule has 0 atom stereocenters. The highest BCUT2D eigenvalue weighted by Gasteiger charge is 2.46. The lowest BCUT2D eigenvalue weighted by molar-refractivity contribution is -0.142. The van der Waals surface area contributed by atoms with Crippen molar-refractivity contribution in [1.29, 1.82) is 0 Å². The quantitative estimate of drug-likeness (QED) is 0.584. The van der Waals surface area contributed by atoms with E-state index in [2.05, 4.69) is 4.98 Å². The fourth-order valence-electron chi connectivity index (χ4n) is 2.18. The van der Waals surface area contributed by atoms with Gasteiger partial charge in [-0.2, -0.15) is 26.3 Å². The largest absolute Gasteiger partial charge is 0.454 e. The molecular weight excluding hydrogens is 288 g/mol. The van der Waals surface area contributed by atoms with E-state index in [1.54, 1.807) is 0 Å². The first-order chi connectivity index (χ1) is 9.10. The number of carbonyl (C=O) groups excluding carboxylic acids is 1. The standard InChI is InChI=1S/C12H9F6NO/c13-11(14,15)9-7(10(20)12(16,17)18)5-6-3-1-2-4-8(6)19-9/h5H,1-4H2. The molecule has 1 aliphatic carbocycles. The molecule has 0 amide bonds. The number of nitrogens with zero attached hydrogens (tertiary/aromatic N) is 1.